The topological polar surface area (TPSA) is 114 Å². The van der Waals surface area contributed by atoms with Crippen LogP contribution in [-0.2, 0) is 42.0 Å². The monoisotopic (exact) mass is 428 g/mol. The number of benzene rings is 2. The summed E-state index contributed by atoms with van der Waals surface area (Å²) in [7, 11) is 0. The van der Waals surface area contributed by atoms with Crippen LogP contribution >= 0.6 is 0 Å². The Kier molecular flexibility index (Phi) is 8.11. The molecule has 9 nitrogen and oxygen atoms in total. The molecule has 2 N–H and O–H groups in total. The third kappa shape index (κ3) is 6.88. The first-order valence-electron chi connectivity index (χ1n) is 9.86. The van der Waals surface area contributed by atoms with Crippen LogP contribution in [0.1, 0.15) is 24.0 Å². The Balaban J connectivity index is 1.50. The molecular formula is C22H24N2O7. The molecular weight excluding hydrogens is 404 g/mol. The molecule has 0 unspecified atom stereocenters. The smallest absolute Gasteiger partial charge is 0.436 e. The molecule has 2 aromatic carbocycles. The molecule has 1 aliphatic rings. The quantitative estimate of drug-likeness (QED) is 0.369. The van der Waals surface area contributed by atoms with Crippen LogP contribution in [0, 0.1) is 0 Å². The normalized spacial score (nSPS) is 18.8. The predicted molar refractivity (Wildman–Crippen MR) is 108 cm³/mol. The number of hydrogen-bond donors (Lipinski definition) is 2. The van der Waals surface area contributed by atoms with Gasteiger partial charge in [-0.3, -0.25) is 9.63 Å². The van der Waals surface area contributed by atoms with Gasteiger partial charge in [-0.15, -0.1) is 5.06 Å². The van der Waals surface area contributed by atoms with Crippen LogP contribution in [-0.4, -0.2) is 46.7 Å². The lowest BCUT2D eigenvalue weighted by atomic mass is 10.0. The SMILES string of the molecule is O=C(OCc1ccccc1)C(=O)ON1C[C@H](NOCc2ccccc2)CC[C@H]1C(=O)O. The number of nitrogens with one attached hydrogen (secondary N) is 1. The number of piperidine rings is 1. The zero-order valence-electron chi connectivity index (χ0n) is 16.8. The van der Waals surface area contributed by atoms with Gasteiger partial charge in [0, 0.05) is 6.04 Å². The summed E-state index contributed by atoms with van der Waals surface area (Å²) < 4.78 is 4.94. The van der Waals surface area contributed by atoms with Crippen molar-refractivity contribution in [1.82, 2.24) is 10.5 Å². The van der Waals surface area contributed by atoms with Crippen molar-refractivity contribution in [3.63, 3.8) is 0 Å². The summed E-state index contributed by atoms with van der Waals surface area (Å²) in [6, 6.07) is 17.0. The largest absolute Gasteiger partial charge is 0.480 e. The molecule has 0 aliphatic carbocycles. The van der Waals surface area contributed by atoms with Crippen LogP contribution in [0.2, 0.25) is 0 Å². The Morgan fingerprint density at radius 3 is 2.13 bits per heavy atom. The average molecular weight is 428 g/mol. The molecule has 2 atom stereocenters. The van der Waals surface area contributed by atoms with Crippen LogP contribution in [0.4, 0.5) is 0 Å². The first-order chi connectivity index (χ1) is 15.0. The van der Waals surface area contributed by atoms with E-state index in [0.717, 1.165) is 10.6 Å². The number of carbonyl (C=O) groups excluding carboxylic acids is 2. The minimum atomic E-state index is -1.27. The second-order valence-corrected chi connectivity index (χ2v) is 7.06. The highest BCUT2D eigenvalue weighted by atomic mass is 16.7. The molecule has 1 saturated heterocycles. The van der Waals surface area contributed by atoms with E-state index < -0.39 is 23.9 Å². The standard InChI is InChI=1S/C22H24N2O7/c25-20(26)19-12-11-18(23-30-15-17-9-5-2-6-10-17)13-24(19)31-22(28)21(27)29-14-16-7-3-1-4-8-16/h1-10,18-19,23H,11-15H2,(H,25,26)/t18-,19+/m1/s1. The summed E-state index contributed by atoms with van der Waals surface area (Å²) in [6.07, 6.45) is 0.715. The second-order valence-electron chi connectivity index (χ2n) is 7.06. The van der Waals surface area contributed by atoms with Crippen LogP contribution in [0.25, 0.3) is 0 Å². The Morgan fingerprint density at radius 2 is 1.52 bits per heavy atom. The van der Waals surface area contributed by atoms with Gasteiger partial charge in [0.1, 0.15) is 12.6 Å². The maximum Gasteiger partial charge on any atom is 0.436 e. The van der Waals surface area contributed by atoms with Crippen LogP contribution in [0.5, 0.6) is 0 Å². The van der Waals surface area contributed by atoms with Gasteiger partial charge in [-0.25, -0.2) is 9.59 Å². The van der Waals surface area contributed by atoms with E-state index in [-0.39, 0.29) is 25.6 Å². The number of nitrogens with zero attached hydrogens (tertiary/aromatic N) is 1. The molecule has 9 heteroatoms. The number of aliphatic carboxylic acids is 1. The zero-order chi connectivity index (χ0) is 22.1. The number of esters is 1. The Morgan fingerprint density at radius 1 is 0.903 bits per heavy atom. The minimum Gasteiger partial charge on any atom is -0.480 e. The third-order valence-corrected chi connectivity index (χ3v) is 4.73. The number of carboxylic acids is 1. The number of ether oxygens (including phenoxy) is 1. The molecule has 0 spiro atoms. The van der Waals surface area contributed by atoms with Gasteiger partial charge in [-0.1, -0.05) is 60.7 Å². The number of hydroxylamine groups is 3. The Labute approximate surface area is 179 Å². The van der Waals surface area contributed by atoms with Gasteiger partial charge in [0.15, 0.2) is 0 Å². The van der Waals surface area contributed by atoms with Gasteiger partial charge >= 0.3 is 17.9 Å². The molecule has 0 bridgehead atoms. The Bertz CT molecular complexity index is 876. The summed E-state index contributed by atoms with van der Waals surface area (Å²) >= 11 is 0. The maximum atomic E-state index is 12.1. The second kappa shape index (κ2) is 11.2. The molecule has 0 amide bonds. The molecule has 2 aromatic rings. The van der Waals surface area contributed by atoms with E-state index in [2.05, 4.69) is 5.48 Å². The summed E-state index contributed by atoms with van der Waals surface area (Å²) in [5, 5.41) is 10.4. The molecule has 1 heterocycles. The van der Waals surface area contributed by atoms with Crippen molar-refractivity contribution < 1.29 is 33.9 Å². The van der Waals surface area contributed by atoms with E-state index in [1.807, 2.05) is 36.4 Å². The highest BCUT2D eigenvalue weighted by Gasteiger charge is 2.37. The minimum absolute atomic E-state index is 0.0451. The molecule has 0 aromatic heterocycles. The van der Waals surface area contributed by atoms with E-state index in [0.29, 0.717) is 18.6 Å². The molecule has 31 heavy (non-hydrogen) atoms. The van der Waals surface area contributed by atoms with E-state index in [1.165, 1.54) is 0 Å². The van der Waals surface area contributed by atoms with Crippen molar-refractivity contribution in [2.45, 2.75) is 38.1 Å². The summed E-state index contributed by atoms with van der Waals surface area (Å²) in [5.41, 5.74) is 4.55. The maximum absolute atomic E-state index is 12.1. The lowest BCUT2D eigenvalue weighted by Gasteiger charge is -2.35. The van der Waals surface area contributed by atoms with E-state index in [1.54, 1.807) is 24.3 Å². The number of rotatable bonds is 8. The van der Waals surface area contributed by atoms with Crippen molar-refractivity contribution in [1.29, 1.82) is 0 Å². The van der Waals surface area contributed by atoms with Crippen molar-refractivity contribution in [2.75, 3.05) is 6.54 Å². The van der Waals surface area contributed by atoms with Gasteiger partial charge in [0.2, 0.25) is 0 Å². The van der Waals surface area contributed by atoms with Gasteiger partial charge in [-0.2, -0.15) is 5.48 Å². The number of carboxylic acid groups (broad SMARTS) is 1. The first-order valence-corrected chi connectivity index (χ1v) is 9.86. The molecule has 1 fully saturated rings. The number of hydrogen-bond acceptors (Lipinski definition) is 8. The van der Waals surface area contributed by atoms with E-state index in [4.69, 9.17) is 14.4 Å². The van der Waals surface area contributed by atoms with Gasteiger partial charge in [-0.05, 0) is 24.0 Å². The van der Waals surface area contributed by atoms with Crippen molar-refractivity contribution in [3.8, 4) is 0 Å². The highest BCUT2D eigenvalue weighted by Crippen LogP contribution is 2.19. The fourth-order valence-electron chi connectivity index (χ4n) is 3.13. The lowest BCUT2D eigenvalue weighted by molar-refractivity contribution is -0.222. The van der Waals surface area contributed by atoms with Crippen molar-refractivity contribution >= 4 is 17.9 Å². The molecule has 0 radical (unpaired) electrons. The Hall–Kier alpha value is -3.27. The third-order valence-electron chi connectivity index (χ3n) is 4.73. The zero-order valence-corrected chi connectivity index (χ0v) is 16.8. The van der Waals surface area contributed by atoms with Gasteiger partial charge in [0.25, 0.3) is 0 Å². The first kappa shape index (κ1) is 22.4. The predicted octanol–water partition coefficient (Wildman–Crippen LogP) is 1.83. The average Bonchev–Trinajstić information content (AvgIpc) is 2.79. The number of carbonyl (C=O) groups is 3. The molecule has 3 rings (SSSR count). The van der Waals surface area contributed by atoms with E-state index >= 15 is 0 Å². The lowest BCUT2D eigenvalue weighted by Crippen LogP contribution is -2.54. The van der Waals surface area contributed by atoms with Gasteiger partial charge < -0.3 is 14.7 Å². The van der Waals surface area contributed by atoms with Crippen molar-refractivity contribution in [3.05, 3.63) is 71.8 Å². The van der Waals surface area contributed by atoms with Crippen molar-refractivity contribution in [2.24, 2.45) is 0 Å². The molecule has 164 valence electrons. The van der Waals surface area contributed by atoms with Crippen LogP contribution < -0.4 is 5.48 Å². The fraction of sp³-hybridized carbons (Fsp3) is 0.318. The van der Waals surface area contributed by atoms with E-state index in [9.17, 15) is 19.5 Å². The van der Waals surface area contributed by atoms with Gasteiger partial charge in [0.05, 0.1) is 13.2 Å². The summed E-state index contributed by atoms with van der Waals surface area (Å²) in [4.78, 5) is 46.2. The molecule has 1 aliphatic heterocycles. The molecule has 0 saturated carbocycles. The van der Waals surface area contributed by atoms with Crippen LogP contribution in [0.15, 0.2) is 60.7 Å². The highest BCUT2D eigenvalue weighted by molar-refractivity contribution is 6.29. The van der Waals surface area contributed by atoms with Crippen LogP contribution in [0.3, 0.4) is 0 Å². The fourth-order valence-corrected chi connectivity index (χ4v) is 3.13. The summed E-state index contributed by atoms with van der Waals surface area (Å²) in [5.74, 6) is -3.61. The summed E-state index contributed by atoms with van der Waals surface area (Å²) in [6.45, 7) is 0.281.